The van der Waals surface area contributed by atoms with Crippen LogP contribution in [0.25, 0.3) is 0 Å². The topological polar surface area (TPSA) is 23.8 Å². The highest BCUT2D eigenvalue weighted by Gasteiger charge is 2.52. The monoisotopic (exact) mass is 269 g/mol. The first-order valence-corrected chi connectivity index (χ1v) is 8.42. The number of hydrogen-bond acceptors (Lipinski definition) is 2. The second-order valence-electron chi connectivity index (χ2n) is 6.60. The van der Waals surface area contributed by atoms with Crippen LogP contribution in [0.15, 0.2) is 29.2 Å². The van der Waals surface area contributed by atoms with Gasteiger partial charge in [0.15, 0.2) is 0 Å². The molecule has 2 bridgehead atoms. The maximum atomic E-state index is 9.79. The van der Waals surface area contributed by atoms with Gasteiger partial charge in [0.05, 0.1) is 11.5 Å². The molecule has 19 heavy (non-hydrogen) atoms. The number of thioether (sulfide) groups is 1. The van der Waals surface area contributed by atoms with Gasteiger partial charge >= 0.3 is 0 Å². The van der Waals surface area contributed by atoms with Crippen LogP contribution in [0.3, 0.4) is 0 Å². The van der Waals surface area contributed by atoms with Gasteiger partial charge in [-0.1, -0.05) is 24.6 Å². The molecule has 2 fully saturated rings. The van der Waals surface area contributed by atoms with E-state index < -0.39 is 0 Å². The minimum absolute atomic E-state index is 0.00555. The lowest BCUT2D eigenvalue weighted by atomic mass is 9.68. The molecule has 0 spiro atoms. The standard InChI is InChI=1S/C17H19NS/c18-11-17(8-12-5-6-14(17)7-12)9-13-10-19-16-4-2-1-3-15(13)16/h1-4,12-14H,5-10H2. The average Bonchev–Trinajstić information content (AvgIpc) is 3.14. The van der Waals surface area contributed by atoms with E-state index in [-0.39, 0.29) is 5.41 Å². The van der Waals surface area contributed by atoms with Gasteiger partial charge in [-0.15, -0.1) is 11.8 Å². The molecule has 0 amide bonds. The Bertz CT molecular complexity index is 546. The lowest BCUT2D eigenvalue weighted by Crippen LogP contribution is -2.28. The summed E-state index contributed by atoms with van der Waals surface area (Å²) in [6.45, 7) is 0. The van der Waals surface area contributed by atoms with E-state index in [2.05, 4.69) is 30.3 Å². The van der Waals surface area contributed by atoms with Crippen molar-refractivity contribution >= 4 is 11.8 Å². The van der Waals surface area contributed by atoms with E-state index in [0.717, 1.165) is 12.3 Å². The van der Waals surface area contributed by atoms with Crippen molar-refractivity contribution in [1.82, 2.24) is 0 Å². The Labute approximate surface area is 119 Å². The molecule has 2 heteroatoms. The molecule has 0 saturated heterocycles. The Balaban J connectivity index is 1.61. The average molecular weight is 269 g/mol. The van der Waals surface area contributed by atoms with Gasteiger partial charge < -0.3 is 0 Å². The maximum Gasteiger partial charge on any atom is 0.0693 e. The normalized spacial score (nSPS) is 39.2. The van der Waals surface area contributed by atoms with Gasteiger partial charge in [0, 0.05) is 10.6 Å². The Hall–Kier alpha value is -0.940. The van der Waals surface area contributed by atoms with Gasteiger partial charge in [-0.2, -0.15) is 5.26 Å². The van der Waals surface area contributed by atoms with Crippen LogP contribution in [0.1, 0.15) is 43.6 Å². The molecule has 0 radical (unpaired) electrons. The molecular formula is C17H19NS. The summed E-state index contributed by atoms with van der Waals surface area (Å²) in [5.74, 6) is 3.34. The zero-order valence-corrected chi connectivity index (χ0v) is 12.0. The van der Waals surface area contributed by atoms with E-state index in [1.54, 1.807) is 0 Å². The van der Waals surface area contributed by atoms with Crippen LogP contribution in [0, 0.1) is 28.6 Å². The van der Waals surface area contributed by atoms with E-state index in [4.69, 9.17) is 0 Å². The quantitative estimate of drug-likeness (QED) is 0.783. The zero-order chi connectivity index (χ0) is 12.9. The summed E-state index contributed by atoms with van der Waals surface area (Å²) in [6.07, 6.45) is 6.30. The first kappa shape index (κ1) is 11.9. The minimum Gasteiger partial charge on any atom is -0.198 e. The van der Waals surface area contributed by atoms with Crippen molar-refractivity contribution in [1.29, 1.82) is 5.26 Å². The third-order valence-electron chi connectivity index (χ3n) is 5.61. The second kappa shape index (κ2) is 4.28. The van der Waals surface area contributed by atoms with E-state index >= 15 is 0 Å². The fourth-order valence-electron chi connectivity index (χ4n) is 4.71. The molecule has 1 aliphatic heterocycles. The first-order valence-electron chi connectivity index (χ1n) is 7.44. The first-order chi connectivity index (χ1) is 9.31. The Morgan fingerprint density at radius 2 is 2.21 bits per heavy atom. The molecule has 2 aliphatic carbocycles. The number of nitriles is 1. The van der Waals surface area contributed by atoms with E-state index in [1.165, 1.54) is 41.9 Å². The molecule has 1 nitrogen and oxygen atoms in total. The molecule has 4 atom stereocenters. The predicted molar refractivity (Wildman–Crippen MR) is 78.0 cm³/mol. The Morgan fingerprint density at radius 3 is 2.95 bits per heavy atom. The van der Waals surface area contributed by atoms with E-state index in [1.807, 2.05) is 11.8 Å². The Kier molecular flexibility index (Phi) is 2.67. The van der Waals surface area contributed by atoms with Crippen molar-refractivity contribution in [2.45, 2.75) is 42.9 Å². The van der Waals surface area contributed by atoms with Crippen LogP contribution >= 0.6 is 11.8 Å². The minimum atomic E-state index is 0.00555. The van der Waals surface area contributed by atoms with E-state index in [0.29, 0.717) is 11.8 Å². The molecule has 1 aromatic carbocycles. The fourth-order valence-corrected chi connectivity index (χ4v) is 5.97. The van der Waals surface area contributed by atoms with Crippen molar-refractivity contribution in [3.05, 3.63) is 29.8 Å². The number of hydrogen-bond donors (Lipinski definition) is 0. The highest BCUT2D eigenvalue weighted by Crippen LogP contribution is 2.60. The molecule has 1 heterocycles. The number of benzene rings is 1. The van der Waals surface area contributed by atoms with E-state index in [9.17, 15) is 5.26 Å². The SMILES string of the molecule is N#CC1(CC2CSc3ccccc32)CC2CCC1C2. The van der Waals surface area contributed by atoms with Crippen LogP contribution in [-0.2, 0) is 0 Å². The van der Waals surface area contributed by atoms with Gasteiger partial charge in [0.2, 0.25) is 0 Å². The van der Waals surface area contributed by atoms with Crippen molar-refractivity contribution < 1.29 is 0 Å². The summed E-state index contributed by atoms with van der Waals surface area (Å²) >= 11 is 1.98. The molecule has 0 aromatic heterocycles. The largest absolute Gasteiger partial charge is 0.198 e. The third-order valence-corrected chi connectivity index (χ3v) is 6.86. The fraction of sp³-hybridized carbons (Fsp3) is 0.588. The Morgan fingerprint density at radius 1 is 1.32 bits per heavy atom. The van der Waals surface area contributed by atoms with Crippen LogP contribution in [-0.4, -0.2) is 5.75 Å². The van der Waals surface area contributed by atoms with Gasteiger partial charge in [0.1, 0.15) is 0 Å². The summed E-state index contributed by atoms with van der Waals surface area (Å²) in [5, 5.41) is 9.79. The predicted octanol–water partition coefficient (Wildman–Crippen LogP) is 4.60. The molecule has 4 rings (SSSR count). The lowest BCUT2D eigenvalue weighted by Gasteiger charge is -2.33. The van der Waals surface area contributed by atoms with Crippen molar-refractivity contribution in [3.8, 4) is 6.07 Å². The van der Waals surface area contributed by atoms with Gasteiger partial charge in [-0.25, -0.2) is 0 Å². The van der Waals surface area contributed by atoms with Crippen molar-refractivity contribution in [3.63, 3.8) is 0 Å². The number of rotatable bonds is 2. The highest BCUT2D eigenvalue weighted by atomic mass is 32.2. The van der Waals surface area contributed by atoms with Gasteiger partial charge in [-0.05, 0) is 55.1 Å². The summed E-state index contributed by atoms with van der Waals surface area (Å²) < 4.78 is 0. The van der Waals surface area contributed by atoms with Crippen LogP contribution in [0.4, 0.5) is 0 Å². The number of nitrogens with zero attached hydrogens (tertiary/aromatic N) is 1. The number of fused-ring (bicyclic) bond motifs is 3. The third kappa shape index (κ3) is 1.75. The molecule has 0 N–H and O–H groups in total. The van der Waals surface area contributed by atoms with Gasteiger partial charge in [-0.3, -0.25) is 0 Å². The summed E-state index contributed by atoms with van der Waals surface area (Å²) in [5.41, 5.74) is 1.51. The van der Waals surface area contributed by atoms with Gasteiger partial charge in [0.25, 0.3) is 0 Å². The molecule has 3 aliphatic rings. The molecular weight excluding hydrogens is 250 g/mol. The summed E-state index contributed by atoms with van der Waals surface area (Å²) in [4.78, 5) is 1.45. The van der Waals surface area contributed by atoms with Crippen LogP contribution in [0.5, 0.6) is 0 Å². The molecule has 1 aromatic rings. The lowest BCUT2D eigenvalue weighted by molar-refractivity contribution is 0.212. The molecule has 4 unspecified atom stereocenters. The highest BCUT2D eigenvalue weighted by molar-refractivity contribution is 7.99. The van der Waals surface area contributed by atoms with Crippen LogP contribution in [0.2, 0.25) is 0 Å². The summed E-state index contributed by atoms with van der Waals surface area (Å²) in [7, 11) is 0. The smallest absolute Gasteiger partial charge is 0.0693 e. The molecule has 98 valence electrons. The van der Waals surface area contributed by atoms with Crippen molar-refractivity contribution in [2.24, 2.45) is 17.3 Å². The van der Waals surface area contributed by atoms with Crippen molar-refractivity contribution in [2.75, 3.05) is 5.75 Å². The van der Waals surface area contributed by atoms with Crippen LogP contribution < -0.4 is 0 Å². The maximum absolute atomic E-state index is 9.79. The molecule has 2 saturated carbocycles. The second-order valence-corrected chi connectivity index (χ2v) is 7.66. The zero-order valence-electron chi connectivity index (χ0n) is 11.1. The summed E-state index contributed by atoms with van der Waals surface area (Å²) in [6, 6.07) is 11.6.